The van der Waals surface area contributed by atoms with Crippen molar-refractivity contribution in [2.24, 2.45) is 0 Å². The third kappa shape index (κ3) is 6.13. The van der Waals surface area contributed by atoms with Gasteiger partial charge in [0.25, 0.3) is 5.91 Å². The van der Waals surface area contributed by atoms with Crippen LogP contribution in [0.1, 0.15) is 24.2 Å². The first-order chi connectivity index (χ1) is 11.8. The molecule has 0 fully saturated rings. The highest BCUT2D eigenvalue weighted by Gasteiger charge is 2.20. The fraction of sp³-hybridized carbons (Fsp3) is 0.375. The molecule has 0 aliphatic rings. The molecule has 0 unspecified atom stereocenters. The zero-order valence-corrected chi connectivity index (χ0v) is 14.4. The maximum absolute atomic E-state index is 11.7. The number of carbonyl (C=O) groups excluding carboxylic acids is 4. The maximum atomic E-state index is 11.7. The normalized spacial score (nSPS) is 11.0. The predicted octanol–water partition coefficient (Wildman–Crippen LogP) is 0.664. The third-order valence-corrected chi connectivity index (χ3v) is 3.06. The zero-order chi connectivity index (χ0) is 19.0. The number of nitrogens with one attached hydrogen (secondary N) is 2. The minimum Gasteiger partial charge on any atom is -0.493 e. The van der Waals surface area contributed by atoms with E-state index in [9.17, 15) is 19.2 Å². The van der Waals surface area contributed by atoms with Crippen LogP contribution in [0.3, 0.4) is 0 Å². The van der Waals surface area contributed by atoms with Gasteiger partial charge in [-0.15, -0.1) is 0 Å². The molecule has 1 aromatic carbocycles. The van der Waals surface area contributed by atoms with Gasteiger partial charge in [-0.2, -0.15) is 0 Å². The van der Waals surface area contributed by atoms with Crippen LogP contribution in [-0.4, -0.2) is 50.6 Å². The summed E-state index contributed by atoms with van der Waals surface area (Å²) < 4.78 is 15.3. The molecule has 2 N–H and O–H groups in total. The highest BCUT2D eigenvalue weighted by atomic mass is 16.6. The van der Waals surface area contributed by atoms with Gasteiger partial charge in [0.1, 0.15) is 0 Å². The lowest BCUT2D eigenvalue weighted by Gasteiger charge is -2.14. The number of imide groups is 1. The number of ether oxygens (including phenoxy) is 3. The SMILES string of the molecule is CNC(=O)NC(=O)[C@H](C)OC(=O)COc1ccc(C(C)=O)cc1OC. The Bertz CT molecular complexity index is 672. The first kappa shape index (κ1) is 19.9. The van der Waals surface area contributed by atoms with Crippen molar-refractivity contribution in [3.63, 3.8) is 0 Å². The Morgan fingerprint density at radius 2 is 1.84 bits per heavy atom. The van der Waals surface area contributed by atoms with Crippen molar-refractivity contribution in [1.29, 1.82) is 0 Å². The molecule has 0 aromatic heterocycles. The lowest BCUT2D eigenvalue weighted by atomic mass is 10.1. The van der Waals surface area contributed by atoms with E-state index >= 15 is 0 Å². The summed E-state index contributed by atoms with van der Waals surface area (Å²) in [5.41, 5.74) is 0.436. The number of hydrogen-bond donors (Lipinski definition) is 2. The van der Waals surface area contributed by atoms with Crippen molar-refractivity contribution in [1.82, 2.24) is 10.6 Å². The topological polar surface area (TPSA) is 120 Å². The van der Waals surface area contributed by atoms with Crippen LogP contribution in [0.5, 0.6) is 11.5 Å². The summed E-state index contributed by atoms with van der Waals surface area (Å²) in [6.07, 6.45) is -1.17. The maximum Gasteiger partial charge on any atom is 0.344 e. The van der Waals surface area contributed by atoms with Gasteiger partial charge in [-0.3, -0.25) is 14.9 Å². The van der Waals surface area contributed by atoms with Crippen LogP contribution < -0.4 is 20.1 Å². The number of carbonyl (C=O) groups is 4. The van der Waals surface area contributed by atoms with Crippen LogP contribution in [0.2, 0.25) is 0 Å². The van der Waals surface area contributed by atoms with Gasteiger partial charge in [-0.1, -0.05) is 0 Å². The zero-order valence-electron chi connectivity index (χ0n) is 14.4. The second kappa shape index (κ2) is 9.26. The van der Waals surface area contributed by atoms with Crippen molar-refractivity contribution in [2.75, 3.05) is 20.8 Å². The Labute approximate surface area is 144 Å². The molecule has 1 aromatic rings. The molecule has 9 nitrogen and oxygen atoms in total. The summed E-state index contributed by atoms with van der Waals surface area (Å²) in [6.45, 7) is 2.25. The van der Waals surface area contributed by atoms with E-state index < -0.39 is 30.6 Å². The smallest absolute Gasteiger partial charge is 0.344 e. The van der Waals surface area contributed by atoms with Crippen molar-refractivity contribution in [2.45, 2.75) is 20.0 Å². The Balaban J connectivity index is 2.60. The number of amides is 3. The monoisotopic (exact) mass is 352 g/mol. The summed E-state index contributed by atoms with van der Waals surface area (Å²) in [5.74, 6) is -1.19. The van der Waals surface area contributed by atoms with Crippen molar-refractivity contribution < 1.29 is 33.4 Å². The van der Waals surface area contributed by atoms with Gasteiger partial charge in [0, 0.05) is 12.6 Å². The summed E-state index contributed by atoms with van der Waals surface area (Å²) in [6, 6.07) is 3.80. The minimum absolute atomic E-state index is 0.139. The van der Waals surface area contributed by atoms with E-state index in [4.69, 9.17) is 14.2 Å². The lowest BCUT2D eigenvalue weighted by molar-refractivity contribution is -0.156. The number of benzene rings is 1. The summed E-state index contributed by atoms with van der Waals surface area (Å²) in [7, 11) is 2.74. The quantitative estimate of drug-likeness (QED) is 0.546. The van der Waals surface area contributed by atoms with Crippen LogP contribution in [0.15, 0.2) is 18.2 Å². The van der Waals surface area contributed by atoms with Crippen LogP contribution >= 0.6 is 0 Å². The first-order valence-corrected chi connectivity index (χ1v) is 7.32. The van der Waals surface area contributed by atoms with Gasteiger partial charge >= 0.3 is 12.0 Å². The molecule has 3 amide bonds. The van der Waals surface area contributed by atoms with Crippen LogP contribution in [-0.2, 0) is 14.3 Å². The number of methoxy groups -OCH3 is 1. The second-order valence-electron chi connectivity index (χ2n) is 4.91. The number of hydrogen-bond acceptors (Lipinski definition) is 7. The second-order valence-corrected chi connectivity index (χ2v) is 4.91. The largest absolute Gasteiger partial charge is 0.493 e. The Hall–Kier alpha value is -3.10. The number of esters is 1. The average Bonchev–Trinajstić information content (AvgIpc) is 2.59. The molecular weight excluding hydrogens is 332 g/mol. The van der Waals surface area contributed by atoms with E-state index in [-0.39, 0.29) is 17.3 Å². The number of rotatable bonds is 7. The van der Waals surface area contributed by atoms with E-state index in [0.717, 1.165) is 0 Å². The molecule has 25 heavy (non-hydrogen) atoms. The lowest BCUT2D eigenvalue weighted by Crippen LogP contribution is -2.43. The van der Waals surface area contributed by atoms with Crippen LogP contribution in [0.25, 0.3) is 0 Å². The van der Waals surface area contributed by atoms with Gasteiger partial charge in [-0.05, 0) is 32.0 Å². The number of urea groups is 1. The van der Waals surface area contributed by atoms with Gasteiger partial charge in [0.05, 0.1) is 7.11 Å². The molecule has 0 aliphatic carbocycles. The summed E-state index contributed by atoms with van der Waals surface area (Å²) in [5, 5.41) is 4.19. The fourth-order valence-corrected chi connectivity index (χ4v) is 1.70. The average molecular weight is 352 g/mol. The molecule has 0 bridgehead atoms. The van der Waals surface area contributed by atoms with E-state index in [1.54, 1.807) is 0 Å². The Morgan fingerprint density at radius 1 is 1.16 bits per heavy atom. The Morgan fingerprint density at radius 3 is 2.40 bits per heavy atom. The van der Waals surface area contributed by atoms with Gasteiger partial charge < -0.3 is 19.5 Å². The van der Waals surface area contributed by atoms with Crippen molar-refractivity contribution >= 4 is 23.7 Å². The van der Waals surface area contributed by atoms with Crippen molar-refractivity contribution in [3.8, 4) is 11.5 Å². The minimum atomic E-state index is -1.17. The van der Waals surface area contributed by atoms with E-state index in [0.29, 0.717) is 5.56 Å². The van der Waals surface area contributed by atoms with Crippen LogP contribution in [0, 0.1) is 0 Å². The molecule has 1 rings (SSSR count). The molecule has 0 aliphatic heterocycles. The molecule has 136 valence electrons. The number of Topliss-reactive ketones (excluding diaryl/α,β-unsaturated/α-hetero) is 1. The summed E-state index contributed by atoms with van der Waals surface area (Å²) in [4.78, 5) is 45.7. The standard InChI is InChI=1S/C16H20N2O7/c1-9(19)11-5-6-12(13(7-11)23-4)24-8-14(20)25-10(2)15(21)18-16(22)17-3/h5-7,10H,8H2,1-4H3,(H2,17,18,21,22)/t10-/m0/s1. The van der Waals surface area contributed by atoms with Crippen LogP contribution in [0.4, 0.5) is 4.79 Å². The highest BCUT2D eigenvalue weighted by molar-refractivity contribution is 5.97. The van der Waals surface area contributed by atoms with Crippen molar-refractivity contribution in [3.05, 3.63) is 23.8 Å². The van der Waals surface area contributed by atoms with Gasteiger partial charge in [0.2, 0.25) is 0 Å². The molecular formula is C16H20N2O7. The first-order valence-electron chi connectivity index (χ1n) is 7.32. The molecule has 1 atom stereocenters. The predicted molar refractivity (Wildman–Crippen MR) is 86.6 cm³/mol. The van der Waals surface area contributed by atoms with E-state index in [2.05, 4.69) is 5.32 Å². The Kier molecular flexibility index (Phi) is 7.39. The molecule has 9 heteroatoms. The van der Waals surface area contributed by atoms with Gasteiger partial charge in [-0.25, -0.2) is 9.59 Å². The molecule has 0 saturated carbocycles. The molecule has 0 radical (unpaired) electrons. The third-order valence-electron chi connectivity index (χ3n) is 3.06. The van der Waals surface area contributed by atoms with E-state index in [1.165, 1.54) is 46.2 Å². The van der Waals surface area contributed by atoms with Gasteiger partial charge in [0.15, 0.2) is 30.0 Å². The highest BCUT2D eigenvalue weighted by Crippen LogP contribution is 2.28. The summed E-state index contributed by atoms with van der Waals surface area (Å²) >= 11 is 0. The molecule has 0 spiro atoms. The van der Waals surface area contributed by atoms with E-state index in [1.807, 2.05) is 5.32 Å². The molecule has 0 heterocycles. The fourth-order valence-electron chi connectivity index (χ4n) is 1.70. The molecule has 0 saturated heterocycles. The number of ketones is 1.